The van der Waals surface area contributed by atoms with Gasteiger partial charge in [-0.25, -0.2) is 9.59 Å². The van der Waals surface area contributed by atoms with E-state index in [0.717, 1.165) is 4.90 Å². The maximum absolute atomic E-state index is 10.7. The van der Waals surface area contributed by atoms with Gasteiger partial charge in [0.15, 0.2) is 6.04 Å². The average Bonchev–Trinajstić information content (AvgIpc) is 2.46. The summed E-state index contributed by atoms with van der Waals surface area (Å²) >= 11 is 0. The van der Waals surface area contributed by atoms with Crippen LogP contribution in [-0.4, -0.2) is 53.0 Å². The number of rotatable bonds is 2. The van der Waals surface area contributed by atoms with Gasteiger partial charge < -0.3 is 14.9 Å². The Bertz CT molecular complexity index is 229. The summed E-state index contributed by atoms with van der Waals surface area (Å²) in [6.45, 7) is 0.213. The van der Waals surface area contributed by atoms with Crippen molar-refractivity contribution in [1.29, 1.82) is 0 Å². The van der Waals surface area contributed by atoms with E-state index in [1.165, 1.54) is 7.11 Å². The van der Waals surface area contributed by atoms with Gasteiger partial charge >= 0.3 is 12.1 Å². The van der Waals surface area contributed by atoms with Crippen molar-refractivity contribution >= 4 is 12.1 Å². The van der Waals surface area contributed by atoms with Crippen molar-refractivity contribution in [1.82, 2.24) is 4.90 Å². The molecule has 0 spiro atoms. The number of carboxylic acids is 1. The van der Waals surface area contributed by atoms with Gasteiger partial charge in [-0.1, -0.05) is 0 Å². The van der Waals surface area contributed by atoms with Crippen molar-refractivity contribution < 1.29 is 24.5 Å². The van der Waals surface area contributed by atoms with Crippen LogP contribution < -0.4 is 0 Å². The first-order chi connectivity index (χ1) is 6.07. The molecule has 1 heterocycles. The summed E-state index contributed by atoms with van der Waals surface area (Å²) in [7, 11) is 1.38. The Hall–Kier alpha value is -1.30. The maximum atomic E-state index is 10.7. The van der Waals surface area contributed by atoms with Gasteiger partial charge in [-0.3, -0.25) is 4.90 Å². The van der Waals surface area contributed by atoms with Crippen molar-refractivity contribution in [3.05, 3.63) is 0 Å². The molecule has 1 amide bonds. The van der Waals surface area contributed by atoms with Crippen LogP contribution in [0.1, 0.15) is 6.42 Å². The molecule has 0 saturated carbocycles. The number of nitrogens with zero attached hydrogens (tertiary/aromatic N) is 1. The molecule has 1 rings (SSSR count). The lowest BCUT2D eigenvalue weighted by Gasteiger charge is -2.20. The van der Waals surface area contributed by atoms with Crippen molar-refractivity contribution in [2.75, 3.05) is 13.7 Å². The van der Waals surface area contributed by atoms with Gasteiger partial charge in [0, 0.05) is 13.7 Å². The standard InChI is InChI=1S/C7H11NO5/c1-13-4-2-3-8(7(11)12)5(4)6(9)10/h4-5H,2-3H2,1H3,(H,9,10)(H,11,12). The van der Waals surface area contributed by atoms with E-state index in [0.29, 0.717) is 6.42 Å². The van der Waals surface area contributed by atoms with Crippen LogP contribution in [-0.2, 0) is 9.53 Å². The molecule has 0 aromatic rings. The zero-order chi connectivity index (χ0) is 10.0. The third kappa shape index (κ3) is 1.72. The third-order valence-electron chi connectivity index (χ3n) is 2.14. The molecule has 0 aliphatic carbocycles. The van der Waals surface area contributed by atoms with Crippen molar-refractivity contribution in [2.45, 2.75) is 18.6 Å². The molecule has 1 aliphatic heterocycles. The SMILES string of the molecule is COC1CCN(C(=O)O)C1C(=O)O. The molecule has 0 aromatic heterocycles. The van der Waals surface area contributed by atoms with Gasteiger partial charge in [-0.2, -0.15) is 0 Å². The maximum Gasteiger partial charge on any atom is 0.408 e. The number of methoxy groups -OCH3 is 1. The number of amides is 1. The van der Waals surface area contributed by atoms with E-state index >= 15 is 0 Å². The number of likely N-dealkylation sites (tertiary alicyclic amines) is 1. The fraction of sp³-hybridized carbons (Fsp3) is 0.714. The molecule has 1 aliphatic rings. The third-order valence-corrected chi connectivity index (χ3v) is 2.14. The van der Waals surface area contributed by atoms with E-state index in [2.05, 4.69) is 0 Å². The highest BCUT2D eigenvalue weighted by Gasteiger charge is 2.42. The fourth-order valence-electron chi connectivity index (χ4n) is 1.52. The minimum atomic E-state index is -1.22. The lowest BCUT2D eigenvalue weighted by Crippen LogP contribution is -2.44. The number of carbonyl (C=O) groups is 2. The summed E-state index contributed by atoms with van der Waals surface area (Å²) in [6, 6.07) is -1.07. The molecule has 0 radical (unpaired) electrons. The van der Waals surface area contributed by atoms with Crippen LogP contribution >= 0.6 is 0 Å². The minimum absolute atomic E-state index is 0.213. The number of hydrogen-bond acceptors (Lipinski definition) is 3. The lowest BCUT2D eigenvalue weighted by molar-refractivity contribution is -0.145. The van der Waals surface area contributed by atoms with E-state index in [1.54, 1.807) is 0 Å². The van der Waals surface area contributed by atoms with E-state index in [-0.39, 0.29) is 6.54 Å². The smallest absolute Gasteiger partial charge is 0.408 e. The molecule has 0 bridgehead atoms. The van der Waals surface area contributed by atoms with Crippen LogP contribution in [0.5, 0.6) is 0 Å². The molecular weight excluding hydrogens is 178 g/mol. The second-order valence-electron chi connectivity index (χ2n) is 2.82. The summed E-state index contributed by atoms with van der Waals surface area (Å²) in [5.74, 6) is -1.16. The Balaban J connectivity index is 2.78. The molecule has 2 unspecified atom stereocenters. The first kappa shape index (κ1) is 9.79. The van der Waals surface area contributed by atoms with E-state index < -0.39 is 24.2 Å². The molecule has 6 heteroatoms. The highest BCUT2D eigenvalue weighted by atomic mass is 16.5. The topological polar surface area (TPSA) is 87.1 Å². The van der Waals surface area contributed by atoms with Crippen LogP contribution in [0.15, 0.2) is 0 Å². The zero-order valence-corrected chi connectivity index (χ0v) is 7.14. The van der Waals surface area contributed by atoms with Gasteiger partial charge in [0.05, 0.1) is 6.10 Å². The highest BCUT2D eigenvalue weighted by Crippen LogP contribution is 2.20. The van der Waals surface area contributed by atoms with Crippen LogP contribution in [0.3, 0.4) is 0 Å². The first-order valence-electron chi connectivity index (χ1n) is 3.83. The van der Waals surface area contributed by atoms with Crippen LogP contribution in [0.2, 0.25) is 0 Å². The average molecular weight is 189 g/mol. The largest absolute Gasteiger partial charge is 0.480 e. The first-order valence-corrected chi connectivity index (χ1v) is 3.83. The van der Waals surface area contributed by atoms with Gasteiger partial charge in [0.1, 0.15) is 0 Å². The summed E-state index contributed by atoms with van der Waals surface area (Å²) in [5.41, 5.74) is 0. The quantitative estimate of drug-likeness (QED) is 0.630. The molecule has 2 N–H and O–H groups in total. The van der Waals surface area contributed by atoms with Crippen molar-refractivity contribution in [3.63, 3.8) is 0 Å². The lowest BCUT2D eigenvalue weighted by atomic mass is 10.2. The summed E-state index contributed by atoms with van der Waals surface area (Å²) in [4.78, 5) is 22.2. The molecule has 13 heavy (non-hydrogen) atoms. The number of hydrogen-bond donors (Lipinski definition) is 2. The Kier molecular flexibility index (Phi) is 2.72. The molecule has 2 atom stereocenters. The Morgan fingerprint density at radius 1 is 1.46 bits per heavy atom. The Morgan fingerprint density at radius 2 is 2.08 bits per heavy atom. The molecule has 1 fully saturated rings. The second kappa shape index (κ2) is 3.61. The highest BCUT2D eigenvalue weighted by molar-refractivity contribution is 5.80. The van der Waals surface area contributed by atoms with Crippen molar-refractivity contribution in [3.8, 4) is 0 Å². The molecule has 74 valence electrons. The van der Waals surface area contributed by atoms with Crippen molar-refractivity contribution in [2.24, 2.45) is 0 Å². The second-order valence-corrected chi connectivity index (χ2v) is 2.82. The van der Waals surface area contributed by atoms with Crippen LogP contribution in [0, 0.1) is 0 Å². The van der Waals surface area contributed by atoms with Gasteiger partial charge in [0.25, 0.3) is 0 Å². The Labute approximate surface area is 74.7 Å². The molecule has 1 saturated heterocycles. The predicted octanol–water partition coefficient (Wildman–Crippen LogP) is -0.162. The van der Waals surface area contributed by atoms with Crippen LogP contribution in [0.25, 0.3) is 0 Å². The van der Waals surface area contributed by atoms with E-state index in [9.17, 15) is 9.59 Å². The number of aliphatic carboxylic acids is 1. The van der Waals surface area contributed by atoms with E-state index in [1.807, 2.05) is 0 Å². The summed E-state index contributed by atoms with van der Waals surface area (Å²) in [5, 5.41) is 17.4. The monoisotopic (exact) mass is 189 g/mol. The minimum Gasteiger partial charge on any atom is -0.480 e. The van der Waals surface area contributed by atoms with Crippen LogP contribution in [0.4, 0.5) is 4.79 Å². The van der Waals surface area contributed by atoms with Gasteiger partial charge in [0.2, 0.25) is 0 Å². The number of carboxylic acid groups (broad SMARTS) is 2. The van der Waals surface area contributed by atoms with Gasteiger partial charge in [-0.05, 0) is 6.42 Å². The molecular formula is C7H11NO5. The van der Waals surface area contributed by atoms with E-state index in [4.69, 9.17) is 14.9 Å². The molecule has 6 nitrogen and oxygen atoms in total. The Morgan fingerprint density at radius 3 is 2.46 bits per heavy atom. The fourth-order valence-corrected chi connectivity index (χ4v) is 1.52. The molecule has 0 aromatic carbocycles. The van der Waals surface area contributed by atoms with Gasteiger partial charge in [-0.15, -0.1) is 0 Å². The zero-order valence-electron chi connectivity index (χ0n) is 7.14. The normalized spacial score (nSPS) is 27.6. The summed E-state index contributed by atoms with van der Waals surface area (Å²) < 4.78 is 4.88. The summed E-state index contributed by atoms with van der Waals surface area (Å²) in [6.07, 6.45) is -1.32. The number of ether oxygens (including phenoxy) is 1. The predicted molar refractivity (Wildman–Crippen MR) is 41.6 cm³/mol.